The molecule has 0 radical (unpaired) electrons. The van der Waals surface area contributed by atoms with Gasteiger partial charge in [-0.2, -0.15) is 0 Å². The first kappa shape index (κ1) is 23.2. The highest BCUT2D eigenvalue weighted by Gasteiger charge is 2.65. The SMILES string of the molecule is Cc1cnc(NC(=O)CC[C@@H]2C[C@@](O)(CC3C=N3)[C@@]3(C)CCC4c5ccc(O)cc5CCC4C23)s1. The van der Waals surface area contributed by atoms with Gasteiger partial charge in [-0.3, -0.25) is 9.79 Å². The number of nitrogens with zero attached hydrogens (tertiary/aromatic N) is 2. The van der Waals surface area contributed by atoms with Crippen molar-refractivity contribution < 1.29 is 15.0 Å². The quantitative estimate of drug-likeness (QED) is 0.513. The molecule has 3 N–H and O–H groups in total. The van der Waals surface area contributed by atoms with Gasteiger partial charge in [0.05, 0.1) is 11.6 Å². The second kappa shape index (κ2) is 8.41. The molecule has 1 aromatic heterocycles. The third kappa shape index (κ3) is 4.01. The van der Waals surface area contributed by atoms with Crippen molar-refractivity contribution in [3.05, 3.63) is 40.4 Å². The van der Waals surface area contributed by atoms with Crippen molar-refractivity contribution in [3.8, 4) is 5.75 Å². The summed E-state index contributed by atoms with van der Waals surface area (Å²) in [6, 6.07) is 6.08. The number of carbonyl (C=O) groups is 1. The fourth-order valence-corrected chi connectivity index (χ4v) is 8.73. The lowest BCUT2D eigenvalue weighted by Gasteiger charge is -2.54. The maximum atomic E-state index is 12.8. The van der Waals surface area contributed by atoms with Crippen LogP contribution in [0.4, 0.5) is 5.13 Å². The largest absolute Gasteiger partial charge is 0.508 e. The number of phenols is 1. The van der Waals surface area contributed by atoms with E-state index in [1.54, 1.807) is 6.20 Å². The van der Waals surface area contributed by atoms with Crippen LogP contribution >= 0.6 is 11.3 Å². The number of carbonyl (C=O) groups excluding carboxylic acids is 1. The van der Waals surface area contributed by atoms with E-state index in [1.165, 1.54) is 22.5 Å². The fourth-order valence-electron chi connectivity index (χ4n) is 8.05. The van der Waals surface area contributed by atoms with Crippen LogP contribution in [0.15, 0.2) is 29.4 Å². The molecule has 0 spiro atoms. The van der Waals surface area contributed by atoms with Crippen LogP contribution in [-0.4, -0.2) is 39.0 Å². The molecule has 2 heterocycles. The molecule has 35 heavy (non-hydrogen) atoms. The van der Waals surface area contributed by atoms with Crippen LogP contribution in [0.3, 0.4) is 0 Å². The van der Waals surface area contributed by atoms with Gasteiger partial charge in [0.2, 0.25) is 5.91 Å². The van der Waals surface area contributed by atoms with E-state index in [2.05, 4.69) is 28.3 Å². The van der Waals surface area contributed by atoms with Gasteiger partial charge in [-0.05, 0) is 97.8 Å². The first-order chi connectivity index (χ1) is 16.8. The minimum atomic E-state index is -0.743. The van der Waals surface area contributed by atoms with E-state index in [0.717, 1.165) is 43.4 Å². The minimum absolute atomic E-state index is 0.0128. The van der Waals surface area contributed by atoms with E-state index in [4.69, 9.17) is 0 Å². The summed E-state index contributed by atoms with van der Waals surface area (Å²) in [5.41, 5.74) is 1.76. The normalized spacial score (nSPS) is 36.8. The first-order valence-corrected chi connectivity index (χ1v) is 13.9. The molecule has 1 amide bonds. The van der Waals surface area contributed by atoms with Crippen molar-refractivity contribution in [2.45, 2.75) is 82.8 Å². The molecule has 7 atom stereocenters. The van der Waals surface area contributed by atoms with E-state index in [9.17, 15) is 15.0 Å². The van der Waals surface area contributed by atoms with Crippen molar-refractivity contribution >= 4 is 28.6 Å². The summed E-state index contributed by atoms with van der Waals surface area (Å²) in [6.45, 7) is 4.31. The topological polar surface area (TPSA) is 94.8 Å². The van der Waals surface area contributed by atoms with Crippen molar-refractivity contribution in [2.75, 3.05) is 5.32 Å². The zero-order valence-corrected chi connectivity index (χ0v) is 21.4. The average molecular weight is 494 g/mol. The maximum Gasteiger partial charge on any atom is 0.226 e. The van der Waals surface area contributed by atoms with Crippen LogP contribution < -0.4 is 5.32 Å². The van der Waals surface area contributed by atoms with Crippen molar-refractivity contribution in [1.29, 1.82) is 0 Å². The van der Waals surface area contributed by atoms with E-state index >= 15 is 0 Å². The summed E-state index contributed by atoms with van der Waals surface area (Å²) in [7, 11) is 0. The Labute approximate surface area is 210 Å². The smallest absolute Gasteiger partial charge is 0.226 e. The first-order valence-electron chi connectivity index (χ1n) is 13.1. The number of phenolic OH excluding ortho intramolecular Hbond substituents is 1. The molecule has 6 nitrogen and oxygen atoms in total. The van der Waals surface area contributed by atoms with Crippen LogP contribution in [0.1, 0.15) is 73.8 Å². The van der Waals surface area contributed by atoms with Gasteiger partial charge < -0.3 is 15.5 Å². The highest BCUT2D eigenvalue weighted by atomic mass is 32.1. The molecule has 4 unspecified atom stereocenters. The van der Waals surface area contributed by atoms with Crippen LogP contribution in [0.5, 0.6) is 5.75 Å². The number of nitrogens with one attached hydrogen (secondary N) is 1. The highest BCUT2D eigenvalue weighted by molar-refractivity contribution is 7.15. The lowest BCUT2D eigenvalue weighted by Crippen LogP contribution is -2.51. The summed E-state index contributed by atoms with van der Waals surface area (Å²) in [6.07, 6.45) is 10.6. The molecule has 2 aromatic rings. The van der Waals surface area contributed by atoms with Gasteiger partial charge in [0.25, 0.3) is 0 Å². The number of thiazole rings is 1. The molecule has 0 bridgehead atoms. The van der Waals surface area contributed by atoms with Crippen molar-refractivity contribution in [3.63, 3.8) is 0 Å². The third-order valence-electron chi connectivity index (χ3n) is 9.65. The number of aliphatic hydroxyl groups is 1. The second-order valence-electron chi connectivity index (χ2n) is 11.6. The molecule has 1 aromatic carbocycles. The Bertz CT molecular complexity index is 1170. The minimum Gasteiger partial charge on any atom is -0.508 e. The van der Waals surface area contributed by atoms with Crippen LogP contribution in [0.25, 0.3) is 0 Å². The summed E-state index contributed by atoms with van der Waals surface area (Å²) < 4.78 is 0. The molecule has 3 aliphatic carbocycles. The second-order valence-corrected chi connectivity index (χ2v) is 12.8. The number of anilines is 1. The van der Waals surface area contributed by atoms with Gasteiger partial charge >= 0.3 is 0 Å². The Kier molecular flexibility index (Phi) is 5.57. The molecule has 7 heteroatoms. The molecule has 0 saturated heterocycles. The van der Waals surface area contributed by atoms with Gasteiger partial charge in [-0.25, -0.2) is 4.98 Å². The number of rotatable bonds is 6. The van der Waals surface area contributed by atoms with Gasteiger partial charge in [-0.1, -0.05) is 13.0 Å². The van der Waals surface area contributed by atoms with E-state index in [-0.39, 0.29) is 17.4 Å². The average Bonchev–Trinajstić information content (AvgIpc) is 3.48. The Balaban J connectivity index is 1.26. The Morgan fingerprint density at radius 3 is 2.89 bits per heavy atom. The van der Waals surface area contributed by atoms with E-state index in [1.807, 2.05) is 25.3 Å². The van der Waals surface area contributed by atoms with Crippen LogP contribution in [0, 0.1) is 30.1 Å². The van der Waals surface area contributed by atoms with Gasteiger partial charge in [0.1, 0.15) is 5.75 Å². The molecular weight excluding hydrogens is 458 g/mol. The molecule has 186 valence electrons. The fraction of sp³-hybridized carbons (Fsp3) is 0.607. The highest BCUT2D eigenvalue weighted by Crippen LogP contribution is 2.68. The molecule has 2 fully saturated rings. The monoisotopic (exact) mass is 493 g/mol. The number of hydrogen-bond donors (Lipinski definition) is 3. The number of aromatic nitrogens is 1. The van der Waals surface area contributed by atoms with Crippen molar-refractivity contribution in [2.24, 2.45) is 28.2 Å². The summed E-state index contributed by atoms with van der Waals surface area (Å²) in [4.78, 5) is 22.5. The van der Waals surface area contributed by atoms with E-state index in [0.29, 0.717) is 47.4 Å². The molecule has 1 aliphatic heterocycles. The Morgan fingerprint density at radius 2 is 2.14 bits per heavy atom. The predicted molar refractivity (Wildman–Crippen MR) is 138 cm³/mol. The Morgan fingerprint density at radius 1 is 1.31 bits per heavy atom. The zero-order valence-electron chi connectivity index (χ0n) is 20.5. The van der Waals surface area contributed by atoms with Crippen LogP contribution in [-0.2, 0) is 11.2 Å². The number of benzene rings is 1. The standard InChI is InChI=1S/C28H35N3O3S/c1-16-14-30-26(35-16)31-24(33)8-4-18-12-28(34,13-19-15-29-19)27(2)10-9-22-21-7-5-20(32)11-17(21)3-6-23(22)25(18)27/h5,7,11,14-15,18-19,22-23,25,32,34H,3-4,6,8-10,12-13H2,1-2H3,(H,30,31,33)/t18-,19?,22?,23?,25?,27+,28-/m1/s1. The van der Waals surface area contributed by atoms with Gasteiger partial charge in [0, 0.05) is 30.1 Å². The predicted octanol–water partition coefficient (Wildman–Crippen LogP) is 5.23. The lowest BCUT2D eigenvalue weighted by molar-refractivity contribution is -0.116. The van der Waals surface area contributed by atoms with Crippen molar-refractivity contribution in [1.82, 2.24) is 4.98 Å². The zero-order chi connectivity index (χ0) is 24.4. The molecule has 2 saturated carbocycles. The van der Waals surface area contributed by atoms with Gasteiger partial charge in [0.15, 0.2) is 5.13 Å². The van der Waals surface area contributed by atoms with Gasteiger partial charge in [-0.15, -0.1) is 11.3 Å². The third-order valence-corrected chi connectivity index (χ3v) is 10.5. The van der Waals surface area contributed by atoms with E-state index < -0.39 is 5.60 Å². The number of aryl methyl sites for hydroxylation is 2. The maximum absolute atomic E-state index is 12.8. The molecule has 4 aliphatic rings. The number of aromatic hydroxyl groups is 1. The number of fused-ring (bicyclic) bond motifs is 5. The summed E-state index contributed by atoms with van der Waals surface area (Å²) in [5, 5.41) is 25.8. The number of amides is 1. The molecule has 6 rings (SSSR count). The lowest BCUT2D eigenvalue weighted by atomic mass is 9.51. The molecular formula is C28H35N3O3S. The number of aliphatic imine (C=N–C) groups is 1. The number of hydrogen-bond acceptors (Lipinski definition) is 6. The Hall–Kier alpha value is -2.25. The summed E-state index contributed by atoms with van der Waals surface area (Å²) in [5.74, 6) is 2.00. The summed E-state index contributed by atoms with van der Waals surface area (Å²) >= 11 is 1.50. The van der Waals surface area contributed by atoms with Crippen LogP contribution in [0.2, 0.25) is 0 Å².